The average molecular weight is 1630 g/mol. The number of carbonyl (C=O) groups excluding carboxylic acids is 10. The summed E-state index contributed by atoms with van der Waals surface area (Å²) in [7, 11) is 1.64. The third-order valence-corrected chi connectivity index (χ3v) is 18.5. The Labute approximate surface area is 674 Å². The van der Waals surface area contributed by atoms with E-state index < -0.39 is 90.3 Å². The van der Waals surface area contributed by atoms with Crippen molar-refractivity contribution in [3.63, 3.8) is 0 Å². The van der Waals surface area contributed by atoms with Crippen molar-refractivity contribution >= 4 is 82.5 Å². The smallest absolute Gasteiger partial charge is 0.326 e. The van der Waals surface area contributed by atoms with Crippen LogP contribution in [-0.2, 0) is 105 Å². The van der Waals surface area contributed by atoms with Gasteiger partial charge in [-0.05, 0) is 90.5 Å². The third kappa shape index (κ3) is 71.5. The topological polar surface area (TPSA) is 498 Å². The van der Waals surface area contributed by atoms with Crippen molar-refractivity contribution in [1.82, 2.24) is 37.2 Å². The van der Waals surface area contributed by atoms with Crippen LogP contribution in [0.5, 0.6) is 0 Å². The minimum atomic E-state index is -1.36. The van der Waals surface area contributed by atoms with Gasteiger partial charge in [0.05, 0.1) is 84.6 Å². The number of amides is 6. The summed E-state index contributed by atoms with van der Waals surface area (Å²) >= 11 is 0. The van der Waals surface area contributed by atoms with Crippen LogP contribution in [0.2, 0.25) is 0 Å². The zero-order valence-electron chi connectivity index (χ0n) is 68.2. The van der Waals surface area contributed by atoms with Gasteiger partial charge in [0.25, 0.3) is 0 Å². The molecule has 0 saturated carbocycles. The van der Waals surface area contributed by atoms with Gasteiger partial charge in [0.2, 0.25) is 35.4 Å². The van der Waals surface area contributed by atoms with Crippen molar-refractivity contribution in [2.75, 3.05) is 152 Å². The van der Waals surface area contributed by atoms with Gasteiger partial charge in [-0.2, -0.15) is 0 Å². The number of Topliss-reactive ketones (excluding diaryl/α,β-unsaturated/α-hetero) is 4. The molecule has 0 heterocycles. The summed E-state index contributed by atoms with van der Waals surface area (Å²) in [5, 5.41) is 65.5. The predicted molar refractivity (Wildman–Crippen MR) is 421 cm³/mol. The normalized spacial score (nSPS) is 12.3. The maximum absolute atomic E-state index is 13.2. The Morgan fingerprint density at radius 1 is 0.272 bits per heavy atom. The Morgan fingerprint density at radius 2 is 0.640 bits per heavy atom. The number of carboxylic acids is 4. The molecular formula is C80H141N7O27. The molecule has 0 bridgehead atoms. The highest BCUT2D eigenvalue weighted by Crippen LogP contribution is 2.20. The summed E-state index contributed by atoms with van der Waals surface area (Å²) in [6.45, 7) is 2.01. The molecular weight excluding hydrogens is 1490 g/mol. The standard InChI is InChI=1S/C80H141N7O27/c1-81-67(29-23-25-41-82-73(95)38-35-64(79(103)104)57-66(90)60-112-54-51-110-48-44-86-75(97)61-113-56-52-109-47-43-85-72(94)31-19-15-11-7-3-5-9-13-17-21-33-78(101)102)69(91)37-34-63(70(92)58-88)27-22-24-40-83-74(96)39-36-68(80(105)106)87-76(98)62-114-55-49-107-45-26-28-65(89)59-111-53-50-108-46-42-84-71(93)30-18-14-10-6-2-4-8-12-16-20-32-77(99)100/h63-64,67-68,81,88H,2-62H2,1H3,(H,82,95)(H,83,96)(H,84,93)(H,85,94)(H,86,97)(H,87,98)(H,99,100)(H,101,102)(H,103,104)(H,105,106)/t63-,64-,67+,68+/m1/s1. The van der Waals surface area contributed by atoms with Gasteiger partial charge in [-0.15, -0.1) is 0 Å². The van der Waals surface area contributed by atoms with Crippen LogP contribution < -0.4 is 37.2 Å². The van der Waals surface area contributed by atoms with Crippen LogP contribution in [0.1, 0.15) is 250 Å². The lowest BCUT2D eigenvalue weighted by molar-refractivity contribution is -0.145. The van der Waals surface area contributed by atoms with Crippen LogP contribution in [0, 0.1) is 11.8 Å². The van der Waals surface area contributed by atoms with Gasteiger partial charge in [-0.3, -0.25) is 62.3 Å². The lowest BCUT2D eigenvalue weighted by Gasteiger charge is -2.18. The molecule has 0 aliphatic carbocycles. The Kier molecular flexibility index (Phi) is 72.5. The van der Waals surface area contributed by atoms with E-state index in [0.29, 0.717) is 84.1 Å². The van der Waals surface area contributed by atoms with Gasteiger partial charge < -0.3 is 101 Å². The molecule has 0 radical (unpaired) electrons. The van der Waals surface area contributed by atoms with Crippen LogP contribution in [-0.4, -0.2) is 272 Å². The minimum absolute atomic E-state index is 0.0119. The first kappa shape index (κ1) is 107. The van der Waals surface area contributed by atoms with E-state index in [2.05, 4.69) is 37.2 Å². The van der Waals surface area contributed by atoms with E-state index in [4.69, 9.17) is 48.1 Å². The zero-order valence-corrected chi connectivity index (χ0v) is 68.2. The molecule has 34 nitrogen and oxygen atoms in total. The Morgan fingerprint density at radius 3 is 1.08 bits per heavy atom. The first-order chi connectivity index (χ1) is 55.1. The minimum Gasteiger partial charge on any atom is -0.481 e. The number of carbonyl (C=O) groups is 14. The van der Waals surface area contributed by atoms with Gasteiger partial charge in [0.15, 0.2) is 17.3 Å². The van der Waals surface area contributed by atoms with Gasteiger partial charge in [-0.25, -0.2) is 4.79 Å². The number of aliphatic hydroxyl groups is 1. The maximum atomic E-state index is 13.2. The van der Waals surface area contributed by atoms with Crippen molar-refractivity contribution in [1.29, 1.82) is 0 Å². The van der Waals surface area contributed by atoms with Gasteiger partial charge in [-0.1, -0.05) is 109 Å². The van der Waals surface area contributed by atoms with Gasteiger partial charge in [0.1, 0.15) is 44.9 Å². The molecule has 0 aliphatic rings. The van der Waals surface area contributed by atoms with E-state index in [0.717, 1.165) is 128 Å². The molecule has 34 heteroatoms. The molecule has 0 saturated heterocycles. The van der Waals surface area contributed by atoms with Crippen molar-refractivity contribution in [2.24, 2.45) is 11.8 Å². The number of hydrogen-bond acceptors (Lipinski definition) is 24. The molecule has 114 heavy (non-hydrogen) atoms. The molecule has 6 amide bonds. The number of rotatable bonds is 87. The monoisotopic (exact) mass is 1630 g/mol. The van der Waals surface area contributed by atoms with Crippen LogP contribution >= 0.6 is 0 Å². The van der Waals surface area contributed by atoms with Crippen molar-refractivity contribution < 1.29 is 131 Å². The number of ether oxygens (including phenoxy) is 8. The number of ketones is 4. The zero-order chi connectivity index (χ0) is 84.1. The first-order valence-electron chi connectivity index (χ1n) is 41.6. The summed E-state index contributed by atoms with van der Waals surface area (Å²) in [6.07, 6.45) is 24.8. The van der Waals surface area contributed by atoms with Gasteiger partial charge in [0, 0.05) is 103 Å². The summed E-state index contributed by atoms with van der Waals surface area (Å²) in [6, 6.07) is -1.89. The molecule has 12 N–H and O–H groups in total. The van der Waals surface area contributed by atoms with Gasteiger partial charge >= 0.3 is 23.9 Å². The summed E-state index contributed by atoms with van der Waals surface area (Å²) < 4.78 is 43.1. The lowest BCUT2D eigenvalue weighted by Crippen LogP contribution is -2.43. The second kappa shape index (κ2) is 77.2. The van der Waals surface area contributed by atoms with E-state index in [1.54, 1.807) is 7.05 Å². The fourth-order valence-corrected chi connectivity index (χ4v) is 11.9. The molecule has 0 fully saturated rings. The first-order valence-corrected chi connectivity index (χ1v) is 41.6. The summed E-state index contributed by atoms with van der Waals surface area (Å²) in [5.41, 5.74) is 0. The van der Waals surface area contributed by atoms with Crippen LogP contribution in [0.4, 0.5) is 0 Å². The van der Waals surface area contributed by atoms with Crippen molar-refractivity contribution in [2.45, 2.75) is 262 Å². The predicted octanol–water partition coefficient (Wildman–Crippen LogP) is 5.83. The third-order valence-electron chi connectivity index (χ3n) is 18.5. The van der Waals surface area contributed by atoms with Crippen LogP contribution in [0.3, 0.4) is 0 Å². The average Bonchev–Trinajstić information content (AvgIpc) is 0.910. The number of unbranched alkanes of at least 4 members (excludes halogenated alkanes) is 20. The molecule has 4 atom stereocenters. The number of carboxylic acid groups (broad SMARTS) is 4. The maximum Gasteiger partial charge on any atom is 0.326 e. The fourth-order valence-electron chi connectivity index (χ4n) is 11.9. The number of aliphatic hydroxyl groups excluding tert-OH is 1. The van der Waals surface area contributed by atoms with E-state index in [1.807, 2.05) is 0 Å². The number of likely N-dealkylation sites (N-methyl/N-ethyl adjacent to an activating group) is 1. The fraction of sp³-hybridized carbons (Fsp3) is 0.825. The van der Waals surface area contributed by atoms with Crippen LogP contribution in [0.15, 0.2) is 0 Å². The summed E-state index contributed by atoms with van der Waals surface area (Å²) in [4.78, 5) is 169. The van der Waals surface area contributed by atoms with E-state index in [-0.39, 0.29) is 199 Å². The highest BCUT2D eigenvalue weighted by molar-refractivity contribution is 5.87. The molecule has 0 aromatic heterocycles. The lowest BCUT2D eigenvalue weighted by atomic mass is 9.90. The molecule has 0 spiro atoms. The van der Waals surface area contributed by atoms with Crippen molar-refractivity contribution in [3.8, 4) is 0 Å². The largest absolute Gasteiger partial charge is 0.481 e. The molecule has 0 aromatic rings. The SMILES string of the molecule is CN[C@@H](CCCCNC(=O)CC[C@H](CC(=O)COCCOCCNC(=O)COCCOCCNC(=O)CCCCCCCCCCCCC(=O)O)C(=O)O)C(=O)CC[C@@H](CCCCNC(=O)CC[C@H](NC(=O)COCCOCCCC(=O)COCCOCCNC(=O)CCCCCCCCCCCCC(=O)O)C(=O)O)C(=O)CO. The molecule has 0 rings (SSSR count). The Balaban J connectivity index is 4.09. The Hall–Kier alpha value is -7.02. The van der Waals surface area contributed by atoms with E-state index in [1.165, 1.54) is 0 Å². The molecule has 0 unspecified atom stereocenters. The van der Waals surface area contributed by atoms with Crippen molar-refractivity contribution in [3.05, 3.63) is 0 Å². The second-order valence-electron chi connectivity index (χ2n) is 28.4. The summed E-state index contributed by atoms with van der Waals surface area (Å²) in [5.74, 6) is -8.79. The highest BCUT2D eigenvalue weighted by atomic mass is 16.5. The number of hydrogen-bond donors (Lipinski definition) is 12. The van der Waals surface area contributed by atoms with E-state index >= 15 is 0 Å². The second-order valence-corrected chi connectivity index (χ2v) is 28.4. The molecule has 0 aliphatic heterocycles. The Bertz CT molecular complexity index is 2620. The number of aliphatic carboxylic acids is 4. The molecule has 658 valence electrons. The van der Waals surface area contributed by atoms with Crippen LogP contribution in [0.25, 0.3) is 0 Å². The number of nitrogens with one attached hydrogen (secondary N) is 7. The quantitative estimate of drug-likeness (QED) is 0.0319. The molecule has 0 aromatic carbocycles. The van der Waals surface area contributed by atoms with E-state index in [9.17, 15) is 82.4 Å². The highest BCUT2D eigenvalue weighted by Gasteiger charge is 2.25.